The molecule has 1 unspecified atom stereocenters. The molecule has 3 N–H and O–H groups in total. The van der Waals surface area contributed by atoms with Crippen LogP contribution in [0.2, 0.25) is 0 Å². The SMILES string of the molecule is COc1ccc(C)cc1C[NH+](CC(N)=O)C(C)C. The smallest absolute Gasteiger partial charge is 0.272 e. The zero-order valence-corrected chi connectivity index (χ0v) is 11.6. The van der Waals surface area contributed by atoms with Crippen LogP contribution in [0.5, 0.6) is 5.75 Å². The van der Waals surface area contributed by atoms with Crippen LogP contribution in [0.4, 0.5) is 0 Å². The first kappa shape index (κ1) is 14.5. The first-order valence-corrected chi connectivity index (χ1v) is 6.20. The van der Waals surface area contributed by atoms with Crippen molar-refractivity contribution >= 4 is 5.91 Å². The summed E-state index contributed by atoms with van der Waals surface area (Å²) in [6.07, 6.45) is 0. The normalized spacial score (nSPS) is 12.5. The lowest BCUT2D eigenvalue weighted by atomic mass is 10.1. The van der Waals surface area contributed by atoms with Crippen LogP contribution in [0.1, 0.15) is 25.0 Å². The standard InChI is InChI=1S/C14H22N2O2/c1-10(2)16(9-14(15)17)8-12-7-11(3)5-6-13(12)18-4/h5-7,10H,8-9H2,1-4H3,(H2,15,17)/p+1. The van der Waals surface area contributed by atoms with Gasteiger partial charge in [0.1, 0.15) is 12.3 Å². The molecule has 0 heterocycles. The zero-order chi connectivity index (χ0) is 13.7. The molecule has 1 aromatic rings. The van der Waals surface area contributed by atoms with E-state index in [2.05, 4.69) is 19.9 Å². The minimum atomic E-state index is -0.273. The van der Waals surface area contributed by atoms with Crippen LogP contribution in [0, 0.1) is 6.92 Å². The van der Waals surface area contributed by atoms with E-state index in [0.29, 0.717) is 12.6 Å². The highest BCUT2D eigenvalue weighted by Gasteiger charge is 2.18. The topological polar surface area (TPSA) is 56.8 Å². The lowest BCUT2D eigenvalue weighted by Crippen LogP contribution is -3.14. The Morgan fingerprint density at radius 2 is 2.11 bits per heavy atom. The van der Waals surface area contributed by atoms with Crippen LogP contribution in [0.15, 0.2) is 18.2 Å². The second-order valence-corrected chi connectivity index (χ2v) is 4.95. The molecule has 0 aliphatic heterocycles. The molecule has 0 saturated heterocycles. The van der Waals surface area contributed by atoms with Crippen LogP contribution in [0.25, 0.3) is 0 Å². The Labute approximate surface area is 109 Å². The summed E-state index contributed by atoms with van der Waals surface area (Å²) in [4.78, 5) is 12.2. The molecule has 0 aliphatic carbocycles. The molecule has 0 aliphatic rings. The molecular weight excluding hydrogens is 228 g/mol. The predicted octanol–water partition coefficient (Wildman–Crippen LogP) is 0.282. The molecule has 18 heavy (non-hydrogen) atoms. The van der Waals surface area contributed by atoms with Gasteiger partial charge in [-0.2, -0.15) is 0 Å². The highest BCUT2D eigenvalue weighted by molar-refractivity contribution is 5.74. The monoisotopic (exact) mass is 251 g/mol. The minimum absolute atomic E-state index is 0.273. The molecule has 4 nitrogen and oxygen atoms in total. The number of benzene rings is 1. The van der Waals surface area contributed by atoms with Crippen molar-refractivity contribution in [3.05, 3.63) is 29.3 Å². The second-order valence-electron chi connectivity index (χ2n) is 4.95. The number of hydrogen-bond donors (Lipinski definition) is 2. The van der Waals surface area contributed by atoms with Crippen LogP contribution in [0.3, 0.4) is 0 Å². The van der Waals surface area contributed by atoms with Crippen molar-refractivity contribution in [2.75, 3.05) is 13.7 Å². The third-order valence-electron chi connectivity index (χ3n) is 3.07. The molecule has 0 aromatic heterocycles. The van der Waals surface area contributed by atoms with E-state index in [1.54, 1.807) is 7.11 Å². The van der Waals surface area contributed by atoms with Gasteiger partial charge in [0.25, 0.3) is 5.91 Å². The Morgan fingerprint density at radius 3 is 2.61 bits per heavy atom. The van der Waals surface area contributed by atoms with Crippen molar-refractivity contribution < 1.29 is 14.4 Å². The number of hydrogen-bond acceptors (Lipinski definition) is 2. The van der Waals surface area contributed by atoms with Gasteiger partial charge in [0.2, 0.25) is 0 Å². The van der Waals surface area contributed by atoms with Crippen LogP contribution in [-0.4, -0.2) is 25.6 Å². The highest BCUT2D eigenvalue weighted by atomic mass is 16.5. The van der Waals surface area contributed by atoms with Crippen molar-refractivity contribution in [1.29, 1.82) is 0 Å². The number of quaternary nitrogens is 1. The van der Waals surface area contributed by atoms with E-state index < -0.39 is 0 Å². The van der Waals surface area contributed by atoms with Crippen molar-refractivity contribution in [2.24, 2.45) is 5.73 Å². The first-order chi connectivity index (χ1) is 8.43. The Morgan fingerprint density at radius 1 is 1.44 bits per heavy atom. The first-order valence-electron chi connectivity index (χ1n) is 6.20. The fourth-order valence-electron chi connectivity index (χ4n) is 1.98. The molecule has 4 heteroatoms. The molecule has 0 spiro atoms. The van der Waals surface area contributed by atoms with Crippen LogP contribution in [-0.2, 0) is 11.3 Å². The van der Waals surface area contributed by atoms with E-state index in [1.807, 2.05) is 19.1 Å². The summed E-state index contributed by atoms with van der Waals surface area (Å²) in [5, 5.41) is 0. The van der Waals surface area contributed by atoms with Crippen molar-refractivity contribution in [3.63, 3.8) is 0 Å². The average Bonchev–Trinajstić information content (AvgIpc) is 2.27. The molecule has 0 bridgehead atoms. The van der Waals surface area contributed by atoms with E-state index >= 15 is 0 Å². The Bertz CT molecular complexity index is 416. The maximum Gasteiger partial charge on any atom is 0.272 e. The number of primary amides is 1. The van der Waals surface area contributed by atoms with Gasteiger partial charge < -0.3 is 15.4 Å². The van der Waals surface area contributed by atoms with Crippen molar-refractivity contribution in [3.8, 4) is 5.75 Å². The van der Waals surface area contributed by atoms with Crippen LogP contribution >= 0.6 is 0 Å². The van der Waals surface area contributed by atoms with Gasteiger partial charge in [-0.1, -0.05) is 11.6 Å². The number of aryl methyl sites for hydroxylation is 1. The maximum absolute atomic E-state index is 11.1. The fourth-order valence-corrected chi connectivity index (χ4v) is 1.98. The molecule has 0 saturated carbocycles. The summed E-state index contributed by atoms with van der Waals surface area (Å²) in [5.74, 6) is 0.591. The summed E-state index contributed by atoms with van der Waals surface area (Å²) in [6, 6.07) is 6.42. The molecule has 100 valence electrons. The summed E-state index contributed by atoms with van der Waals surface area (Å²) in [6.45, 7) is 7.30. The maximum atomic E-state index is 11.1. The Balaban J connectivity index is 2.92. The van der Waals surface area contributed by atoms with Crippen molar-refractivity contribution in [1.82, 2.24) is 0 Å². The Hall–Kier alpha value is -1.55. The molecular formula is C14H23N2O2+. The Kier molecular flexibility index (Phi) is 5.16. The number of carbonyl (C=O) groups is 1. The van der Waals surface area contributed by atoms with Crippen LogP contribution < -0.4 is 15.4 Å². The number of nitrogens with one attached hydrogen (secondary N) is 1. The number of amides is 1. The quantitative estimate of drug-likeness (QED) is 0.763. The van der Waals surface area contributed by atoms with Gasteiger partial charge in [-0.25, -0.2) is 0 Å². The lowest BCUT2D eigenvalue weighted by molar-refractivity contribution is -0.927. The van der Waals surface area contributed by atoms with E-state index in [-0.39, 0.29) is 5.91 Å². The summed E-state index contributed by atoms with van der Waals surface area (Å²) < 4.78 is 5.36. The summed E-state index contributed by atoms with van der Waals surface area (Å²) in [7, 11) is 1.66. The minimum Gasteiger partial charge on any atom is -0.496 e. The van der Waals surface area contributed by atoms with Gasteiger partial charge in [-0.15, -0.1) is 0 Å². The highest BCUT2D eigenvalue weighted by Crippen LogP contribution is 2.18. The lowest BCUT2D eigenvalue weighted by Gasteiger charge is -2.23. The van der Waals surface area contributed by atoms with E-state index in [9.17, 15) is 4.79 Å². The third kappa shape index (κ3) is 4.04. The number of methoxy groups -OCH3 is 1. The van der Waals surface area contributed by atoms with Gasteiger partial charge in [-0.3, -0.25) is 4.79 Å². The van der Waals surface area contributed by atoms with Gasteiger partial charge >= 0.3 is 0 Å². The van der Waals surface area contributed by atoms with Gasteiger partial charge in [-0.05, 0) is 32.9 Å². The third-order valence-corrected chi connectivity index (χ3v) is 3.07. The second kappa shape index (κ2) is 6.40. The van der Waals surface area contributed by atoms with Crippen molar-refractivity contribution in [2.45, 2.75) is 33.4 Å². The van der Waals surface area contributed by atoms with E-state index in [4.69, 9.17) is 10.5 Å². The fraction of sp³-hybridized carbons (Fsp3) is 0.500. The van der Waals surface area contributed by atoms with Gasteiger partial charge in [0, 0.05) is 5.56 Å². The summed E-state index contributed by atoms with van der Waals surface area (Å²) >= 11 is 0. The molecule has 0 radical (unpaired) electrons. The molecule has 0 fully saturated rings. The van der Waals surface area contributed by atoms with Gasteiger partial charge in [0.15, 0.2) is 6.54 Å². The van der Waals surface area contributed by atoms with E-state index in [1.165, 1.54) is 5.56 Å². The van der Waals surface area contributed by atoms with E-state index in [0.717, 1.165) is 22.8 Å². The molecule has 1 aromatic carbocycles. The number of carbonyl (C=O) groups excluding carboxylic acids is 1. The predicted molar refractivity (Wildman–Crippen MR) is 71.6 cm³/mol. The number of nitrogens with two attached hydrogens (primary N) is 1. The molecule has 1 rings (SSSR count). The number of rotatable bonds is 6. The van der Waals surface area contributed by atoms with Gasteiger partial charge in [0.05, 0.1) is 13.2 Å². The molecule has 1 amide bonds. The largest absolute Gasteiger partial charge is 0.496 e. The summed E-state index contributed by atoms with van der Waals surface area (Å²) in [5.41, 5.74) is 7.60. The zero-order valence-electron chi connectivity index (χ0n) is 11.6. The average molecular weight is 251 g/mol. The molecule has 1 atom stereocenters. The number of ether oxygens (including phenoxy) is 1.